The molecule has 1 aromatic heterocycles. The average Bonchev–Trinajstić information content (AvgIpc) is 2.84. The standard InChI is InChI=1S/C18H16F3N/c1-3-22-16-8-7-12(2)9-14(16)11-17(22)13-5-4-6-15(10-13)18(19,20)21/h4-11H,3H2,1-2H3. The molecule has 0 saturated carbocycles. The van der Waals surface area contributed by atoms with Crippen LogP contribution in [0.4, 0.5) is 13.2 Å². The predicted molar refractivity (Wildman–Crippen MR) is 82.8 cm³/mol. The van der Waals surface area contributed by atoms with Crippen molar-refractivity contribution < 1.29 is 13.2 Å². The van der Waals surface area contributed by atoms with E-state index in [-0.39, 0.29) is 0 Å². The van der Waals surface area contributed by atoms with Crippen molar-refractivity contribution in [3.63, 3.8) is 0 Å². The van der Waals surface area contributed by atoms with Crippen LogP contribution in [0.3, 0.4) is 0 Å². The number of aryl methyl sites for hydroxylation is 2. The third-order valence-electron chi connectivity index (χ3n) is 3.86. The fraction of sp³-hybridized carbons (Fsp3) is 0.222. The van der Waals surface area contributed by atoms with Crippen molar-refractivity contribution in [3.8, 4) is 11.3 Å². The fourth-order valence-corrected chi connectivity index (χ4v) is 2.83. The second-order valence-corrected chi connectivity index (χ2v) is 5.41. The quantitative estimate of drug-likeness (QED) is 0.576. The number of alkyl halides is 3. The van der Waals surface area contributed by atoms with E-state index in [0.29, 0.717) is 12.1 Å². The lowest BCUT2D eigenvalue weighted by Crippen LogP contribution is -2.05. The second kappa shape index (κ2) is 5.20. The molecule has 1 nitrogen and oxygen atoms in total. The van der Waals surface area contributed by atoms with Gasteiger partial charge in [-0.2, -0.15) is 13.2 Å². The first-order valence-electron chi connectivity index (χ1n) is 7.17. The highest BCUT2D eigenvalue weighted by atomic mass is 19.4. The highest BCUT2D eigenvalue weighted by Crippen LogP contribution is 2.34. The molecular weight excluding hydrogens is 287 g/mol. The molecule has 0 unspecified atom stereocenters. The Balaban J connectivity index is 2.22. The van der Waals surface area contributed by atoms with Gasteiger partial charge in [-0.05, 0) is 49.7 Å². The molecule has 0 aliphatic heterocycles. The molecule has 0 fully saturated rings. The summed E-state index contributed by atoms with van der Waals surface area (Å²) in [6.45, 7) is 4.71. The lowest BCUT2D eigenvalue weighted by atomic mass is 10.1. The Bertz CT molecular complexity index is 828. The molecule has 2 aromatic carbocycles. The summed E-state index contributed by atoms with van der Waals surface area (Å²) in [4.78, 5) is 0. The predicted octanol–water partition coefficient (Wildman–Crippen LogP) is 5.66. The van der Waals surface area contributed by atoms with E-state index in [0.717, 1.165) is 28.2 Å². The SMILES string of the molecule is CCn1c(-c2cccc(C(F)(F)F)c2)cc2cc(C)ccc21. The zero-order valence-corrected chi connectivity index (χ0v) is 12.4. The minimum Gasteiger partial charge on any atom is -0.341 e. The number of nitrogens with zero attached hydrogens (tertiary/aromatic N) is 1. The lowest BCUT2D eigenvalue weighted by Gasteiger charge is -2.11. The largest absolute Gasteiger partial charge is 0.416 e. The van der Waals surface area contributed by atoms with E-state index in [4.69, 9.17) is 0 Å². The van der Waals surface area contributed by atoms with Crippen molar-refractivity contribution in [2.75, 3.05) is 0 Å². The zero-order chi connectivity index (χ0) is 15.9. The van der Waals surface area contributed by atoms with Gasteiger partial charge in [0.25, 0.3) is 0 Å². The molecule has 3 rings (SSSR count). The van der Waals surface area contributed by atoms with Gasteiger partial charge in [0.05, 0.1) is 5.56 Å². The van der Waals surface area contributed by atoms with Gasteiger partial charge in [0.15, 0.2) is 0 Å². The van der Waals surface area contributed by atoms with E-state index in [1.165, 1.54) is 12.1 Å². The van der Waals surface area contributed by atoms with Crippen molar-refractivity contribution >= 4 is 10.9 Å². The van der Waals surface area contributed by atoms with Gasteiger partial charge in [-0.25, -0.2) is 0 Å². The topological polar surface area (TPSA) is 4.93 Å². The van der Waals surface area contributed by atoms with Crippen molar-refractivity contribution in [1.29, 1.82) is 0 Å². The second-order valence-electron chi connectivity index (χ2n) is 5.41. The van der Waals surface area contributed by atoms with Crippen LogP contribution >= 0.6 is 0 Å². The monoisotopic (exact) mass is 303 g/mol. The van der Waals surface area contributed by atoms with Gasteiger partial charge in [0, 0.05) is 23.1 Å². The summed E-state index contributed by atoms with van der Waals surface area (Å²) >= 11 is 0. The minimum absolute atomic E-state index is 0.588. The molecule has 22 heavy (non-hydrogen) atoms. The molecule has 114 valence electrons. The summed E-state index contributed by atoms with van der Waals surface area (Å²) < 4.78 is 40.8. The third-order valence-corrected chi connectivity index (χ3v) is 3.86. The summed E-state index contributed by atoms with van der Waals surface area (Å²) in [7, 11) is 0. The van der Waals surface area contributed by atoms with E-state index in [1.807, 2.05) is 36.6 Å². The van der Waals surface area contributed by atoms with Gasteiger partial charge in [-0.15, -0.1) is 0 Å². The van der Waals surface area contributed by atoms with E-state index in [2.05, 4.69) is 6.07 Å². The maximum Gasteiger partial charge on any atom is 0.416 e. The normalized spacial score (nSPS) is 12.0. The number of halogens is 3. The molecule has 0 saturated heterocycles. The molecule has 4 heteroatoms. The van der Waals surface area contributed by atoms with Crippen molar-refractivity contribution in [2.45, 2.75) is 26.6 Å². The van der Waals surface area contributed by atoms with Crippen molar-refractivity contribution in [1.82, 2.24) is 4.57 Å². The molecule has 0 radical (unpaired) electrons. The van der Waals surface area contributed by atoms with Crippen LogP contribution in [0.2, 0.25) is 0 Å². The number of benzene rings is 2. The minimum atomic E-state index is -4.32. The van der Waals surface area contributed by atoms with Crippen LogP contribution < -0.4 is 0 Å². The van der Waals surface area contributed by atoms with Crippen LogP contribution in [0.5, 0.6) is 0 Å². The summed E-state index contributed by atoms with van der Waals surface area (Å²) in [5, 5.41) is 1.05. The first-order chi connectivity index (χ1) is 10.4. The number of hydrogen-bond donors (Lipinski definition) is 0. The van der Waals surface area contributed by atoms with Gasteiger partial charge < -0.3 is 4.57 Å². The van der Waals surface area contributed by atoms with E-state index >= 15 is 0 Å². The molecule has 1 heterocycles. The fourth-order valence-electron chi connectivity index (χ4n) is 2.83. The highest BCUT2D eigenvalue weighted by molar-refractivity contribution is 5.87. The number of fused-ring (bicyclic) bond motifs is 1. The van der Waals surface area contributed by atoms with Crippen LogP contribution in [0.25, 0.3) is 22.2 Å². The highest BCUT2D eigenvalue weighted by Gasteiger charge is 2.30. The number of aromatic nitrogens is 1. The van der Waals surface area contributed by atoms with E-state index < -0.39 is 11.7 Å². The third kappa shape index (κ3) is 2.49. The Hall–Kier alpha value is -2.23. The van der Waals surface area contributed by atoms with E-state index in [9.17, 15) is 13.2 Å². The van der Waals surface area contributed by atoms with Gasteiger partial charge in [-0.3, -0.25) is 0 Å². The lowest BCUT2D eigenvalue weighted by molar-refractivity contribution is -0.137. The first kappa shape index (κ1) is 14.7. The Morgan fingerprint density at radius 3 is 2.45 bits per heavy atom. The van der Waals surface area contributed by atoms with Crippen molar-refractivity contribution in [3.05, 3.63) is 59.7 Å². The molecule has 0 aliphatic carbocycles. The molecular formula is C18H16F3N. The van der Waals surface area contributed by atoms with Gasteiger partial charge >= 0.3 is 6.18 Å². The van der Waals surface area contributed by atoms with Crippen molar-refractivity contribution in [2.24, 2.45) is 0 Å². The maximum atomic E-state index is 12.9. The van der Waals surface area contributed by atoms with Crippen LogP contribution in [0.15, 0.2) is 48.5 Å². The average molecular weight is 303 g/mol. The number of rotatable bonds is 2. The summed E-state index contributed by atoms with van der Waals surface area (Å²) in [6, 6.07) is 13.6. The smallest absolute Gasteiger partial charge is 0.341 e. The zero-order valence-electron chi connectivity index (χ0n) is 12.4. The molecule has 0 spiro atoms. The summed E-state index contributed by atoms with van der Waals surface area (Å²) in [5.74, 6) is 0. The summed E-state index contributed by atoms with van der Waals surface area (Å²) in [5.41, 5.74) is 2.96. The Labute approximate surface area is 127 Å². The molecule has 0 atom stereocenters. The van der Waals surface area contributed by atoms with Gasteiger partial charge in [0.1, 0.15) is 0 Å². The van der Waals surface area contributed by atoms with Crippen LogP contribution in [-0.4, -0.2) is 4.57 Å². The molecule has 0 N–H and O–H groups in total. The molecule has 0 amide bonds. The molecule has 3 aromatic rings. The van der Waals surface area contributed by atoms with Gasteiger partial charge in [-0.1, -0.05) is 23.8 Å². The first-order valence-corrected chi connectivity index (χ1v) is 7.17. The molecule has 0 aliphatic rings. The van der Waals surface area contributed by atoms with Crippen LogP contribution in [0.1, 0.15) is 18.1 Å². The van der Waals surface area contributed by atoms with E-state index in [1.54, 1.807) is 6.07 Å². The number of hydrogen-bond acceptors (Lipinski definition) is 0. The maximum absolute atomic E-state index is 12.9. The van der Waals surface area contributed by atoms with Crippen LogP contribution in [-0.2, 0) is 12.7 Å². The Morgan fingerprint density at radius 1 is 1.00 bits per heavy atom. The van der Waals surface area contributed by atoms with Crippen LogP contribution in [0, 0.1) is 6.92 Å². The Kier molecular flexibility index (Phi) is 3.47. The molecule has 0 bridgehead atoms. The Morgan fingerprint density at radius 2 is 1.77 bits per heavy atom. The van der Waals surface area contributed by atoms with Gasteiger partial charge in [0.2, 0.25) is 0 Å². The summed E-state index contributed by atoms with van der Waals surface area (Å²) in [6.07, 6.45) is -4.32.